The fourth-order valence-corrected chi connectivity index (χ4v) is 9.75. The molecule has 6 nitrogen and oxygen atoms in total. The van der Waals surface area contributed by atoms with Crippen LogP contribution in [0.3, 0.4) is 0 Å². The minimum absolute atomic E-state index is 0.00933. The fourth-order valence-electron chi connectivity index (χ4n) is 9.75. The van der Waals surface area contributed by atoms with Gasteiger partial charge in [0.05, 0.1) is 25.4 Å². The van der Waals surface area contributed by atoms with Crippen molar-refractivity contribution in [3.8, 4) is 0 Å². The third-order valence-corrected chi connectivity index (χ3v) is 14.5. The lowest BCUT2D eigenvalue weighted by atomic mass is 10.0. The summed E-state index contributed by atoms with van der Waals surface area (Å²) in [6.45, 7) is 4.94. The van der Waals surface area contributed by atoms with Crippen LogP contribution in [0.4, 0.5) is 0 Å². The molecule has 0 rings (SSSR count). The van der Waals surface area contributed by atoms with E-state index in [0.717, 1.165) is 70.6 Å². The molecule has 1 amide bonds. The van der Waals surface area contributed by atoms with Crippen LogP contribution < -0.4 is 5.32 Å². The number of allylic oxidation sites excluding steroid dienone is 4. The quantitative estimate of drug-likeness (QED) is 0.0321. The average Bonchev–Trinajstić information content (AvgIpc) is 3.35. The molecule has 69 heavy (non-hydrogen) atoms. The minimum atomic E-state index is -0.671. The normalized spacial score (nSPS) is 12.7. The second-order valence-corrected chi connectivity index (χ2v) is 21.4. The van der Waals surface area contributed by atoms with Gasteiger partial charge in [0.25, 0.3) is 0 Å². The van der Waals surface area contributed by atoms with Gasteiger partial charge in [0.15, 0.2) is 0 Å². The standard InChI is InChI=1S/C63H121NO5/c1-3-5-7-9-11-13-15-17-19-24-27-31-35-39-43-47-51-55-61(66)60(59-65)64-62(67)56-52-48-44-40-36-32-28-25-22-21-23-26-30-34-38-42-46-50-54-58-69-63(68)57-53-49-45-41-37-33-29-20-18-16-14-12-10-8-6-4-2/h26,30,34,38,60-61,65-66H,3-25,27-29,31-33,35-37,39-59H2,1-2H3,(H,64,67)/b30-26-,38-34-. The van der Waals surface area contributed by atoms with Crippen molar-refractivity contribution < 1.29 is 24.5 Å². The molecular formula is C63H121NO5. The topological polar surface area (TPSA) is 95.9 Å². The Kier molecular flexibility index (Phi) is 57.5. The minimum Gasteiger partial charge on any atom is -0.466 e. The average molecular weight is 973 g/mol. The third kappa shape index (κ3) is 55.5. The Balaban J connectivity index is 3.46. The molecule has 0 bridgehead atoms. The molecule has 6 heteroatoms. The predicted molar refractivity (Wildman–Crippen MR) is 301 cm³/mol. The Labute approximate surface area is 431 Å². The fraction of sp³-hybridized carbons (Fsp3) is 0.905. The summed E-state index contributed by atoms with van der Waals surface area (Å²) < 4.78 is 5.47. The summed E-state index contributed by atoms with van der Waals surface area (Å²) >= 11 is 0. The number of ether oxygens (including phenoxy) is 1. The first kappa shape index (κ1) is 67.3. The van der Waals surface area contributed by atoms with Crippen LogP contribution in [0.15, 0.2) is 24.3 Å². The molecule has 408 valence electrons. The number of rotatable bonds is 58. The molecule has 0 aliphatic carbocycles. The molecule has 0 aliphatic heterocycles. The van der Waals surface area contributed by atoms with Gasteiger partial charge >= 0.3 is 5.97 Å². The zero-order valence-corrected chi connectivity index (χ0v) is 46.6. The summed E-state index contributed by atoms with van der Waals surface area (Å²) in [6.07, 6.45) is 71.8. The summed E-state index contributed by atoms with van der Waals surface area (Å²) in [6, 6.07) is -0.549. The van der Waals surface area contributed by atoms with E-state index in [9.17, 15) is 19.8 Å². The molecule has 0 heterocycles. The number of esters is 1. The van der Waals surface area contributed by atoms with Crippen molar-refractivity contribution >= 4 is 11.9 Å². The maximum Gasteiger partial charge on any atom is 0.305 e. The summed E-state index contributed by atoms with van der Waals surface area (Å²) in [7, 11) is 0. The molecule has 0 aromatic rings. The van der Waals surface area contributed by atoms with Gasteiger partial charge in [-0.2, -0.15) is 0 Å². The van der Waals surface area contributed by atoms with Crippen molar-refractivity contribution in [1.29, 1.82) is 0 Å². The predicted octanol–water partition coefficient (Wildman–Crippen LogP) is 19.4. The van der Waals surface area contributed by atoms with Gasteiger partial charge in [0.2, 0.25) is 5.91 Å². The highest BCUT2D eigenvalue weighted by Crippen LogP contribution is 2.18. The smallest absolute Gasteiger partial charge is 0.305 e. The Morgan fingerprint density at radius 2 is 0.710 bits per heavy atom. The lowest BCUT2D eigenvalue weighted by Gasteiger charge is -2.22. The molecule has 0 aromatic heterocycles. The van der Waals surface area contributed by atoms with Crippen LogP contribution in [-0.2, 0) is 14.3 Å². The van der Waals surface area contributed by atoms with Crippen molar-refractivity contribution in [2.24, 2.45) is 0 Å². The molecule has 0 radical (unpaired) electrons. The monoisotopic (exact) mass is 972 g/mol. The van der Waals surface area contributed by atoms with Gasteiger partial charge in [0.1, 0.15) is 0 Å². The van der Waals surface area contributed by atoms with Crippen molar-refractivity contribution in [3.05, 3.63) is 24.3 Å². The van der Waals surface area contributed by atoms with Crippen LogP contribution in [0, 0.1) is 0 Å². The van der Waals surface area contributed by atoms with Crippen molar-refractivity contribution in [2.75, 3.05) is 13.2 Å². The third-order valence-electron chi connectivity index (χ3n) is 14.5. The number of nitrogens with one attached hydrogen (secondary N) is 1. The Hall–Kier alpha value is -1.66. The summed E-state index contributed by atoms with van der Waals surface area (Å²) in [4.78, 5) is 24.6. The van der Waals surface area contributed by atoms with Gasteiger partial charge < -0.3 is 20.3 Å². The van der Waals surface area contributed by atoms with Gasteiger partial charge in [0, 0.05) is 12.8 Å². The molecule has 0 aromatic carbocycles. The largest absolute Gasteiger partial charge is 0.466 e. The molecule has 0 saturated carbocycles. The maximum absolute atomic E-state index is 12.5. The molecule has 2 unspecified atom stereocenters. The first-order valence-electron chi connectivity index (χ1n) is 31.1. The number of aliphatic hydroxyl groups excluding tert-OH is 2. The van der Waals surface area contributed by atoms with Crippen LogP contribution in [-0.4, -0.2) is 47.4 Å². The SMILES string of the molecule is CCCCCCCCCCCCCCCCCCCC(O)C(CO)NC(=O)CCCCCCCCCCCC/C=C\C=C/CCCCCOC(=O)CCCCCCCCCCCCCCCCCC. The molecule has 0 saturated heterocycles. The number of carbonyl (C=O) groups is 2. The van der Waals surface area contributed by atoms with Gasteiger partial charge in [-0.25, -0.2) is 0 Å². The first-order chi connectivity index (χ1) is 34.0. The maximum atomic E-state index is 12.5. The lowest BCUT2D eigenvalue weighted by Crippen LogP contribution is -2.45. The summed E-state index contributed by atoms with van der Waals surface area (Å²) in [5, 5.41) is 23.3. The Morgan fingerprint density at radius 3 is 1.07 bits per heavy atom. The van der Waals surface area contributed by atoms with E-state index >= 15 is 0 Å². The van der Waals surface area contributed by atoms with E-state index in [0.29, 0.717) is 25.9 Å². The van der Waals surface area contributed by atoms with E-state index in [-0.39, 0.29) is 18.5 Å². The summed E-state index contributed by atoms with van der Waals surface area (Å²) in [5.41, 5.74) is 0. The van der Waals surface area contributed by atoms with Crippen LogP contribution >= 0.6 is 0 Å². The van der Waals surface area contributed by atoms with Crippen molar-refractivity contribution in [1.82, 2.24) is 5.32 Å². The Bertz CT molecular complexity index is 1080. The van der Waals surface area contributed by atoms with Crippen LogP contribution in [0.5, 0.6) is 0 Å². The van der Waals surface area contributed by atoms with Crippen LogP contribution in [0.2, 0.25) is 0 Å². The van der Waals surface area contributed by atoms with Crippen molar-refractivity contribution in [3.63, 3.8) is 0 Å². The van der Waals surface area contributed by atoms with E-state index in [1.54, 1.807) is 0 Å². The van der Waals surface area contributed by atoms with E-state index in [1.165, 1.54) is 238 Å². The number of unbranched alkanes of at least 4 members (excludes halogenated alkanes) is 44. The number of hydrogen-bond donors (Lipinski definition) is 3. The second-order valence-electron chi connectivity index (χ2n) is 21.4. The molecule has 2 atom stereocenters. The highest BCUT2D eigenvalue weighted by Gasteiger charge is 2.20. The van der Waals surface area contributed by atoms with Crippen LogP contribution in [0.25, 0.3) is 0 Å². The van der Waals surface area contributed by atoms with Gasteiger partial charge in [-0.15, -0.1) is 0 Å². The number of amides is 1. The second kappa shape index (κ2) is 58.9. The lowest BCUT2D eigenvalue weighted by molar-refractivity contribution is -0.143. The number of hydrogen-bond acceptors (Lipinski definition) is 5. The van der Waals surface area contributed by atoms with Gasteiger partial charge in [-0.1, -0.05) is 295 Å². The van der Waals surface area contributed by atoms with Gasteiger partial charge in [-0.05, 0) is 57.8 Å². The van der Waals surface area contributed by atoms with E-state index in [2.05, 4.69) is 43.5 Å². The van der Waals surface area contributed by atoms with Crippen LogP contribution in [0.1, 0.15) is 341 Å². The molecule has 0 fully saturated rings. The highest BCUT2D eigenvalue weighted by atomic mass is 16.5. The van der Waals surface area contributed by atoms with E-state index in [4.69, 9.17) is 4.74 Å². The molecule has 0 spiro atoms. The molecular weight excluding hydrogens is 851 g/mol. The number of carbonyl (C=O) groups excluding carboxylic acids is 2. The Morgan fingerprint density at radius 1 is 0.406 bits per heavy atom. The van der Waals surface area contributed by atoms with Gasteiger partial charge in [-0.3, -0.25) is 9.59 Å². The highest BCUT2D eigenvalue weighted by molar-refractivity contribution is 5.76. The first-order valence-corrected chi connectivity index (χ1v) is 31.1. The summed E-state index contributed by atoms with van der Waals surface area (Å²) in [5.74, 6) is -0.0516. The molecule has 0 aliphatic rings. The van der Waals surface area contributed by atoms with Crippen molar-refractivity contribution in [2.45, 2.75) is 353 Å². The number of aliphatic hydroxyl groups is 2. The zero-order chi connectivity index (χ0) is 50.0. The molecule has 3 N–H and O–H groups in total. The van der Waals surface area contributed by atoms with E-state index < -0.39 is 12.1 Å². The zero-order valence-electron chi connectivity index (χ0n) is 46.6. The van der Waals surface area contributed by atoms with E-state index in [1.807, 2.05) is 0 Å².